The Labute approximate surface area is 145 Å². The zero-order chi connectivity index (χ0) is 15.4. The van der Waals surface area contributed by atoms with Gasteiger partial charge in [-0.05, 0) is 82.8 Å². The molecule has 1 N–H and O–H groups in total. The predicted molar refractivity (Wildman–Crippen MR) is 100 cm³/mol. The summed E-state index contributed by atoms with van der Waals surface area (Å²) in [6.45, 7) is 0. The summed E-state index contributed by atoms with van der Waals surface area (Å²) in [5, 5.41) is 9.53. The third kappa shape index (κ3) is 3.88. The van der Waals surface area contributed by atoms with E-state index in [9.17, 15) is 5.11 Å². The maximum Gasteiger partial charge on any atom is 0.128 e. The number of aromatic hydroxyl groups is 1. The van der Waals surface area contributed by atoms with Gasteiger partial charge in [-0.2, -0.15) is 0 Å². The second kappa shape index (κ2) is 7.27. The van der Waals surface area contributed by atoms with Gasteiger partial charge in [0.15, 0.2) is 0 Å². The van der Waals surface area contributed by atoms with Crippen molar-refractivity contribution in [3.05, 3.63) is 57.2 Å². The minimum absolute atomic E-state index is 0.314. The molecule has 0 aromatic heterocycles. The number of hydrogen-bond donors (Lipinski definition) is 1. The van der Waals surface area contributed by atoms with E-state index in [-0.39, 0.29) is 0 Å². The van der Waals surface area contributed by atoms with Crippen LogP contribution in [0.25, 0.3) is 0 Å². The third-order valence-electron chi connectivity index (χ3n) is 4.30. The minimum Gasteiger partial charge on any atom is -0.507 e. The summed E-state index contributed by atoms with van der Waals surface area (Å²) in [7, 11) is 0. The van der Waals surface area contributed by atoms with Gasteiger partial charge >= 0.3 is 0 Å². The van der Waals surface area contributed by atoms with Gasteiger partial charge in [-0.3, -0.25) is 4.99 Å². The van der Waals surface area contributed by atoms with E-state index in [1.54, 1.807) is 6.07 Å². The molecular weight excluding hydrogens is 385 g/mol. The SMILES string of the molecule is Oc1ccc(C=Nc2ccc(C3CCCCC3)cc2)cc1I. The van der Waals surface area contributed by atoms with E-state index in [1.807, 2.05) is 18.3 Å². The topological polar surface area (TPSA) is 32.6 Å². The molecule has 1 aliphatic carbocycles. The van der Waals surface area contributed by atoms with Crippen molar-refractivity contribution >= 4 is 34.5 Å². The van der Waals surface area contributed by atoms with Gasteiger partial charge in [-0.15, -0.1) is 0 Å². The molecule has 114 valence electrons. The first-order valence-electron chi connectivity index (χ1n) is 7.85. The Morgan fingerprint density at radius 1 is 1.00 bits per heavy atom. The quantitative estimate of drug-likeness (QED) is 0.509. The smallest absolute Gasteiger partial charge is 0.128 e. The molecule has 2 nitrogen and oxygen atoms in total. The summed E-state index contributed by atoms with van der Waals surface area (Å²) < 4.78 is 0.842. The molecule has 3 rings (SSSR count). The number of aliphatic imine (C=N–C) groups is 1. The fraction of sp³-hybridized carbons (Fsp3) is 0.316. The van der Waals surface area contributed by atoms with Gasteiger partial charge in [0.2, 0.25) is 0 Å². The van der Waals surface area contributed by atoms with Crippen LogP contribution in [0.4, 0.5) is 5.69 Å². The Balaban J connectivity index is 1.69. The molecule has 1 fully saturated rings. The van der Waals surface area contributed by atoms with Crippen molar-refractivity contribution in [2.45, 2.75) is 38.0 Å². The van der Waals surface area contributed by atoms with Gasteiger partial charge in [0.25, 0.3) is 0 Å². The molecule has 0 bridgehead atoms. The number of halogens is 1. The fourth-order valence-corrected chi connectivity index (χ4v) is 3.56. The molecule has 0 heterocycles. The van der Waals surface area contributed by atoms with Gasteiger partial charge < -0.3 is 5.11 Å². The van der Waals surface area contributed by atoms with Gasteiger partial charge in [0, 0.05) is 6.21 Å². The second-order valence-corrected chi connectivity index (χ2v) is 7.06. The summed E-state index contributed by atoms with van der Waals surface area (Å²) in [4.78, 5) is 4.52. The minimum atomic E-state index is 0.314. The highest BCUT2D eigenvalue weighted by Gasteiger charge is 2.14. The number of benzene rings is 2. The lowest BCUT2D eigenvalue weighted by molar-refractivity contribution is 0.443. The highest BCUT2D eigenvalue weighted by molar-refractivity contribution is 14.1. The van der Waals surface area contributed by atoms with E-state index in [2.05, 4.69) is 51.8 Å². The van der Waals surface area contributed by atoms with E-state index in [1.165, 1.54) is 37.7 Å². The van der Waals surface area contributed by atoms with Gasteiger partial charge in [0.05, 0.1) is 9.26 Å². The van der Waals surface area contributed by atoms with Crippen molar-refractivity contribution in [3.8, 4) is 5.75 Å². The van der Waals surface area contributed by atoms with Gasteiger partial charge in [0.1, 0.15) is 5.75 Å². The van der Waals surface area contributed by atoms with E-state index >= 15 is 0 Å². The molecule has 0 radical (unpaired) electrons. The lowest BCUT2D eigenvalue weighted by Crippen LogP contribution is -2.03. The first-order valence-corrected chi connectivity index (χ1v) is 8.93. The van der Waals surface area contributed by atoms with Crippen LogP contribution >= 0.6 is 22.6 Å². The summed E-state index contributed by atoms with van der Waals surface area (Å²) in [5.41, 5.74) is 3.43. The van der Waals surface area contributed by atoms with E-state index in [4.69, 9.17) is 0 Å². The number of nitrogens with zero attached hydrogens (tertiary/aromatic N) is 1. The molecule has 3 heteroatoms. The van der Waals surface area contributed by atoms with Crippen LogP contribution in [0.2, 0.25) is 0 Å². The summed E-state index contributed by atoms with van der Waals surface area (Å²) >= 11 is 2.12. The van der Waals surface area contributed by atoms with Crippen LogP contribution in [0.1, 0.15) is 49.1 Å². The van der Waals surface area contributed by atoms with Crippen LogP contribution < -0.4 is 0 Å². The Morgan fingerprint density at radius 2 is 1.73 bits per heavy atom. The summed E-state index contributed by atoms with van der Waals surface area (Å²) in [6.07, 6.45) is 8.62. The molecule has 0 saturated heterocycles. The van der Waals surface area contributed by atoms with Crippen LogP contribution in [0.3, 0.4) is 0 Å². The van der Waals surface area contributed by atoms with E-state index in [0.29, 0.717) is 5.75 Å². The molecule has 0 atom stereocenters. The fourth-order valence-electron chi connectivity index (χ4n) is 3.02. The van der Waals surface area contributed by atoms with Crippen LogP contribution in [0.5, 0.6) is 5.75 Å². The average Bonchev–Trinajstić information content (AvgIpc) is 2.57. The maximum absolute atomic E-state index is 9.53. The first-order chi connectivity index (χ1) is 10.7. The van der Waals surface area contributed by atoms with Crippen molar-refractivity contribution in [2.24, 2.45) is 4.99 Å². The predicted octanol–water partition coefficient (Wildman–Crippen LogP) is 5.80. The highest BCUT2D eigenvalue weighted by Crippen LogP contribution is 2.33. The largest absolute Gasteiger partial charge is 0.507 e. The number of hydrogen-bond acceptors (Lipinski definition) is 2. The van der Waals surface area contributed by atoms with E-state index < -0.39 is 0 Å². The Morgan fingerprint density at radius 3 is 2.41 bits per heavy atom. The zero-order valence-corrected chi connectivity index (χ0v) is 14.7. The van der Waals surface area contributed by atoms with Crippen LogP contribution in [-0.4, -0.2) is 11.3 Å². The molecular formula is C19H20INO. The molecule has 0 unspecified atom stereocenters. The standard InChI is InChI=1S/C19H20INO/c20-18-12-14(6-11-19(18)22)13-21-17-9-7-16(8-10-17)15-4-2-1-3-5-15/h6-13,15,22H,1-5H2. The van der Waals surface area contributed by atoms with Gasteiger partial charge in [-0.1, -0.05) is 31.4 Å². The molecule has 0 aliphatic heterocycles. The maximum atomic E-state index is 9.53. The Kier molecular flexibility index (Phi) is 5.13. The molecule has 1 saturated carbocycles. The second-order valence-electron chi connectivity index (χ2n) is 5.90. The normalized spacial score (nSPS) is 16.2. The Bertz CT molecular complexity index is 658. The zero-order valence-electron chi connectivity index (χ0n) is 12.5. The van der Waals surface area contributed by atoms with Crippen molar-refractivity contribution in [2.75, 3.05) is 0 Å². The summed E-state index contributed by atoms with van der Waals surface area (Å²) in [6, 6.07) is 14.2. The monoisotopic (exact) mass is 405 g/mol. The van der Waals surface area contributed by atoms with Crippen molar-refractivity contribution < 1.29 is 5.11 Å². The first kappa shape index (κ1) is 15.5. The third-order valence-corrected chi connectivity index (χ3v) is 5.17. The molecule has 2 aromatic carbocycles. The number of rotatable bonds is 3. The van der Waals surface area contributed by atoms with Crippen LogP contribution in [0, 0.1) is 3.57 Å². The van der Waals surface area contributed by atoms with E-state index in [0.717, 1.165) is 20.7 Å². The number of phenolic OH excluding ortho intramolecular Hbond substituents is 1. The number of phenols is 1. The van der Waals surface area contributed by atoms with Crippen LogP contribution in [-0.2, 0) is 0 Å². The van der Waals surface area contributed by atoms with Crippen molar-refractivity contribution in [1.29, 1.82) is 0 Å². The van der Waals surface area contributed by atoms with Gasteiger partial charge in [-0.25, -0.2) is 0 Å². The molecule has 22 heavy (non-hydrogen) atoms. The molecule has 0 amide bonds. The summed E-state index contributed by atoms with van der Waals surface area (Å²) in [5.74, 6) is 1.06. The molecule has 0 spiro atoms. The lowest BCUT2D eigenvalue weighted by Gasteiger charge is -2.21. The molecule has 2 aromatic rings. The Hall–Kier alpha value is -1.36. The van der Waals surface area contributed by atoms with Crippen molar-refractivity contribution in [3.63, 3.8) is 0 Å². The highest BCUT2D eigenvalue weighted by atomic mass is 127. The van der Waals surface area contributed by atoms with Crippen LogP contribution in [0.15, 0.2) is 47.5 Å². The lowest BCUT2D eigenvalue weighted by atomic mass is 9.84. The molecule has 1 aliphatic rings. The van der Waals surface area contributed by atoms with Crippen molar-refractivity contribution in [1.82, 2.24) is 0 Å². The average molecular weight is 405 g/mol.